The van der Waals surface area contributed by atoms with E-state index >= 15 is 0 Å². The summed E-state index contributed by atoms with van der Waals surface area (Å²) in [5, 5.41) is 0. The lowest BCUT2D eigenvalue weighted by atomic mass is 10.3. The molecule has 0 N–H and O–H groups in total. The van der Waals surface area contributed by atoms with E-state index in [1.165, 1.54) is 6.33 Å². The van der Waals surface area contributed by atoms with Crippen LogP contribution in [0.3, 0.4) is 0 Å². The van der Waals surface area contributed by atoms with Crippen LogP contribution in [-0.2, 0) is 11.5 Å². The highest BCUT2D eigenvalue weighted by molar-refractivity contribution is 5.75. The number of hydrogen-bond acceptors (Lipinski definition) is 2. The summed E-state index contributed by atoms with van der Waals surface area (Å²) >= 11 is 0. The van der Waals surface area contributed by atoms with Gasteiger partial charge in [0.25, 0.3) is 0 Å². The molecular formula is C10H10F2N2O. The van der Waals surface area contributed by atoms with Crippen LogP contribution in [0.5, 0.6) is 0 Å². The second kappa shape index (κ2) is 3.94. The van der Waals surface area contributed by atoms with E-state index < -0.39 is 11.6 Å². The maximum absolute atomic E-state index is 13.0. The Morgan fingerprint density at radius 3 is 2.80 bits per heavy atom. The molecule has 5 heteroatoms. The van der Waals surface area contributed by atoms with Crippen LogP contribution >= 0.6 is 0 Å². The highest BCUT2D eigenvalue weighted by Crippen LogP contribution is 2.17. The van der Waals surface area contributed by atoms with E-state index in [9.17, 15) is 8.78 Å². The first-order valence-electron chi connectivity index (χ1n) is 4.60. The number of hydrogen-bond donors (Lipinski definition) is 0. The molecule has 0 aliphatic carbocycles. The van der Waals surface area contributed by atoms with Crippen LogP contribution in [0.2, 0.25) is 0 Å². The minimum Gasteiger partial charge on any atom is -0.361 e. The normalized spacial score (nSPS) is 11.1. The van der Waals surface area contributed by atoms with E-state index in [4.69, 9.17) is 4.74 Å². The molecule has 1 aromatic carbocycles. The first-order valence-corrected chi connectivity index (χ1v) is 4.60. The van der Waals surface area contributed by atoms with E-state index in [2.05, 4.69) is 4.98 Å². The number of benzene rings is 1. The number of halogens is 2. The number of rotatable bonds is 3. The average molecular weight is 212 g/mol. The Morgan fingerprint density at radius 1 is 1.33 bits per heavy atom. The van der Waals surface area contributed by atoms with Crippen LogP contribution in [0, 0.1) is 11.6 Å². The standard InChI is InChI=1S/C10H10F2N2O/c1-2-15-6-14-5-13-9-3-7(11)8(12)4-10(9)14/h3-5H,2,6H2,1H3. The fraction of sp³-hybridized carbons (Fsp3) is 0.300. The zero-order valence-corrected chi connectivity index (χ0v) is 8.20. The Hall–Kier alpha value is -1.49. The van der Waals surface area contributed by atoms with Gasteiger partial charge in [0.15, 0.2) is 11.6 Å². The van der Waals surface area contributed by atoms with E-state index in [0.717, 1.165) is 12.1 Å². The third kappa shape index (κ3) is 1.83. The van der Waals surface area contributed by atoms with Gasteiger partial charge in [0.1, 0.15) is 6.73 Å². The molecule has 3 nitrogen and oxygen atoms in total. The Kier molecular flexibility index (Phi) is 2.64. The van der Waals surface area contributed by atoms with Crippen molar-refractivity contribution in [3.8, 4) is 0 Å². The van der Waals surface area contributed by atoms with Crippen LogP contribution in [0.4, 0.5) is 8.78 Å². The molecule has 0 radical (unpaired) electrons. The Morgan fingerprint density at radius 2 is 2.07 bits per heavy atom. The molecule has 1 heterocycles. The molecule has 0 spiro atoms. The number of fused-ring (bicyclic) bond motifs is 1. The smallest absolute Gasteiger partial charge is 0.161 e. The minimum absolute atomic E-state index is 0.290. The summed E-state index contributed by atoms with van der Waals surface area (Å²) in [6, 6.07) is 2.20. The molecule has 1 aromatic heterocycles. The average Bonchev–Trinajstić information content (AvgIpc) is 2.59. The topological polar surface area (TPSA) is 27.1 Å². The van der Waals surface area contributed by atoms with Crippen LogP contribution in [0.15, 0.2) is 18.5 Å². The van der Waals surface area contributed by atoms with Gasteiger partial charge in [-0.3, -0.25) is 0 Å². The van der Waals surface area contributed by atoms with Crippen molar-refractivity contribution in [2.24, 2.45) is 0 Å². The van der Waals surface area contributed by atoms with Gasteiger partial charge in [-0.25, -0.2) is 13.8 Å². The third-order valence-corrected chi connectivity index (χ3v) is 2.10. The maximum Gasteiger partial charge on any atom is 0.161 e. The van der Waals surface area contributed by atoms with Crippen molar-refractivity contribution < 1.29 is 13.5 Å². The molecular weight excluding hydrogens is 202 g/mol. The van der Waals surface area contributed by atoms with E-state index in [0.29, 0.717) is 17.6 Å². The predicted molar refractivity (Wildman–Crippen MR) is 51.3 cm³/mol. The van der Waals surface area contributed by atoms with Gasteiger partial charge in [-0.15, -0.1) is 0 Å². The molecule has 0 amide bonds. The SMILES string of the molecule is CCOCn1cnc2cc(F)c(F)cc21. The predicted octanol–water partition coefficient (Wildman–Crippen LogP) is 2.31. The summed E-state index contributed by atoms with van der Waals surface area (Å²) in [4.78, 5) is 3.95. The summed E-state index contributed by atoms with van der Waals surface area (Å²) in [7, 11) is 0. The summed E-state index contributed by atoms with van der Waals surface area (Å²) in [6.45, 7) is 2.71. The van der Waals surface area contributed by atoms with Crippen molar-refractivity contribution in [3.05, 3.63) is 30.1 Å². The van der Waals surface area contributed by atoms with Crippen LogP contribution < -0.4 is 0 Å². The summed E-state index contributed by atoms with van der Waals surface area (Å²) in [6.07, 6.45) is 1.50. The van der Waals surface area contributed by atoms with E-state index in [-0.39, 0.29) is 6.73 Å². The van der Waals surface area contributed by atoms with Crippen molar-refractivity contribution in [1.82, 2.24) is 9.55 Å². The van der Waals surface area contributed by atoms with Crippen molar-refractivity contribution >= 4 is 11.0 Å². The molecule has 0 fully saturated rings. The first kappa shape index (κ1) is 10.0. The Balaban J connectivity index is 2.45. The van der Waals surface area contributed by atoms with E-state index in [1.807, 2.05) is 6.92 Å². The highest BCUT2D eigenvalue weighted by atomic mass is 19.2. The van der Waals surface area contributed by atoms with Gasteiger partial charge in [-0.05, 0) is 6.92 Å². The molecule has 0 bridgehead atoms. The van der Waals surface area contributed by atoms with Crippen LogP contribution in [0.1, 0.15) is 6.92 Å². The van der Waals surface area contributed by atoms with Gasteiger partial charge in [0.05, 0.1) is 17.4 Å². The zero-order chi connectivity index (χ0) is 10.8. The van der Waals surface area contributed by atoms with Crippen LogP contribution in [-0.4, -0.2) is 16.2 Å². The minimum atomic E-state index is -0.885. The lowest BCUT2D eigenvalue weighted by Gasteiger charge is -2.03. The fourth-order valence-electron chi connectivity index (χ4n) is 1.35. The Bertz CT molecular complexity index is 481. The van der Waals surface area contributed by atoms with Gasteiger partial charge >= 0.3 is 0 Å². The number of aromatic nitrogens is 2. The molecule has 2 rings (SSSR count). The molecule has 0 atom stereocenters. The first-order chi connectivity index (χ1) is 7.22. The van der Waals surface area contributed by atoms with E-state index in [1.54, 1.807) is 4.57 Å². The van der Waals surface area contributed by atoms with Gasteiger partial charge < -0.3 is 9.30 Å². The summed E-state index contributed by atoms with van der Waals surface area (Å²) in [5.41, 5.74) is 0.955. The summed E-state index contributed by atoms with van der Waals surface area (Å²) in [5.74, 6) is -1.76. The fourth-order valence-corrected chi connectivity index (χ4v) is 1.35. The van der Waals surface area contributed by atoms with Crippen molar-refractivity contribution in [2.45, 2.75) is 13.7 Å². The van der Waals surface area contributed by atoms with Crippen molar-refractivity contribution in [2.75, 3.05) is 6.61 Å². The van der Waals surface area contributed by atoms with Crippen molar-refractivity contribution in [1.29, 1.82) is 0 Å². The van der Waals surface area contributed by atoms with Gasteiger partial charge in [0.2, 0.25) is 0 Å². The third-order valence-electron chi connectivity index (χ3n) is 2.10. The quantitative estimate of drug-likeness (QED) is 0.780. The second-order valence-corrected chi connectivity index (χ2v) is 3.09. The number of imidazole rings is 1. The summed E-state index contributed by atoms with van der Waals surface area (Å²) < 4.78 is 32.6. The zero-order valence-electron chi connectivity index (χ0n) is 8.20. The molecule has 0 aliphatic rings. The molecule has 0 saturated heterocycles. The monoisotopic (exact) mass is 212 g/mol. The molecule has 2 aromatic rings. The van der Waals surface area contributed by atoms with Gasteiger partial charge in [-0.2, -0.15) is 0 Å². The number of ether oxygens (including phenoxy) is 1. The van der Waals surface area contributed by atoms with Crippen LogP contribution in [0.25, 0.3) is 11.0 Å². The van der Waals surface area contributed by atoms with Gasteiger partial charge in [0, 0.05) is 18.7 Å². The molecule has 0 unspecified atom stereocenters. The lowest BCUT2D eigenvalue weighted by molar-refractivity contribution is 0.0904. The Labute approximate surface area is 85.3 Å². The molecule has 15 heavy (non-hydrogen) atoms. The largest absolute Gasteiger partial charge is 0.361 e. The lowest BCUT2D eigenvalue weighted by Crippen LogP contribution is -2.00. The molecule has 80 valence electrons. The molecule has 0 aliphatic heterocycles. The van der Waals surface area contributed by atoms with Gasteiger partial charge in [-0.1, -0.05) is 0 Å². The second-order valence-electron chi connectivity index (χ2n) is 3.09. The maximum atomic E-state index is 13.0. The number of nitrogens with zero attached hydrogens (tertiary/aromatic N) is 2. The van der Waals surface area contributed by atoms with Crippen molar-refractivity contribution in [3.63, 3.8) is 0 Å². The molecule has 0 saturated carbocycles. The highest BCUT2D eigenvalue weighted by Gasteiger charge is 2.08.